The number of methoxy groups -OCH3 is 2. The molecule has 0 saturated carbocycles. The molecule has 0 aromatic heterocycles. The Morgan fingerprint density at radius 3 is 2.14 bits per heavy atom. The van der Waals surface area contributed by atoms with E-state index in [0.29, 0.717) is 25.8 Å². The number of urea groups is 1. The average molecular weight is 685 g/mol. The smallest absolute Gasteiger partial charge is 0.410 e. The molecule has 3 rings (SSSR count). The van der Waals surface area contributed by atoms with Crippen molar-refractivity contribution in [3.05, 3.63) is 59.9 Å². The maximum Gasteiger partial charge on any atom is 0.410 e. The zero-order valence-electron chi connectivity index (χ0n) is 29.3. The SMILES string of the molecule is CCCCN(C[C@@H](CNC(=O)[C@@H]1CCCN1C(=O)OC(C)(C)C)C(=O)OC)C(=O)N[C@@H](Cc1ccc(-c2ccc(F)cc2)cc1)C(=O)OC. The van der Waals surface area contributed by atoms with E-state index in [1.807, 2.05) is 31.2 Å². The van der Waals surface area contributed by atoms with Crippen LogP contribution in [0.5, 0.6) is 0 Å². The highest BCUT2D eigenvalue weighted by Crippen LogP contribution is 2.22. The molecule has 1 aliphatic rings. The predicted octanol–water partition coefficient (Wildman–Crippen LogP) is 4.69. The first-order chi connectivity index (χ1) is 23.3. The lowest BCUT2D eigenvalue weighted by Gasteiger charge is -2.30. The fourth-order valence-electron chi connectivity index (χ4n) is 5.49. The van der Waals surface area contributed by atoms with Gasteiger partial charge in [0.2, 0.25) is 5.91 Å². The van der Waals surface area contributed by atoms with Crippen molar-refractivity contribution in [1.29, 1.82) is 0 Å². The van der Waals surface area contributed by atoms with Crippen LogP contribution >= 0.6 is 0 Å². The van der Waals surface area contributed by atoms with Gasteiger partial charge in [0.1, 0.15) is 23.5 Å². The van der Waals surface area contributed by atoms with Crippen LogP contribution in [0.3, 0.4) is 0 Å². The minimum Gasteiger partial charge on any atom is -0.469 e. The number of likely N-dealkylation sites (tertiary alicyclic amines) is 1. The van der Waals surface area contributed by atoms with E-state index in [-0.39, 0.29) is 31.9 Å². The van der Waals surface area contributed by atoms with Crippen molar-refractivity contribution in [1.82, 2.24) is 20.4 Å². The van der Waals surface area contributed by atoms with Gasteiger partial charge in [0.15, 0.2) is 0 Å². The van der Waals surface area contributed by atoms with Gasteiger partial charge in [-0.2, -0.15) is 0 Å². The second kappa shape index (κ2) is 18.2. The summed E-state index contributed by atoms with van der Waals surface area (Å²) in [7, 11) is 2.46. The second-order valence-electron chi connectivity index (χ2n) is 13.0. The van der Waals surface area contributed by atoms with E-state index in [9.17, 15) is 28.4 Å². The van der Waals surface area contributed by atoms with E-state index in [2.05, 4.69) is 10.6 Å². The average Bonchev–Trinajstić information content (AvgIpc) is 3.57. The molecule has 0 unspecified atom stereocenters. The number of nitrogens with zero attached hydrogens (tertiary/aromatic N) is 2. The molecule has 2 N–H and O–H groups in total. The molecule has 13 heteroatoms. The van der Waals surface area contributed by atoms with Crippen molar-refractivity contribution in [3.63, 3.8) is 0 Å². The van der Waals surface area contributed by atoms with Gasteiger partial charge in [-0.15, -0.1) is 0 Å². The second-order valence-corrected chi connectivity index (χ2v) is 13.0. The summed E-state index contributed by atoms with van der Waals surface area (Å²) in [4.78, 5) is 68.0. The molecule has 12 nitrogen and oxygen atoms in total. The first-order valence-electron chi connectivity index (χ1n) is 16.6. The number of halogens is 1. The lowest BCUT2D eigenvalue weighted by atomic mass is 10.0. The van der Waals surface area contributed by atoms with E-state index < -0.39 is 53.6 Å². The van der Waals surface area contributed by atoms with Crippen LogP contribution in [0.25, 0.3) is 11.1 Å². The van der Waals surface area contributed by atoms with Gasteiger partial charge in [0.25, 0.3) is 0 Å². The van der Waals surface area contributed by atoms with E-state index in [4.69, 9.17) is 14.2 Å². The number of ether oxygens (including phenoxy) is 3. The number of rotatable bonds is 14. The Morgan fingerprint density at radius 2 is 1.57 bits per heavy atom. The minimum absolute atomic E-state index is 0.0977. The summed E-state index contributed by atoms with van der Waals surface area (Å²) < 4.78 is 28.8. The summed E-state index contributed by atoms with van der Waals surface area (Å²) in [5, 5.41) is 5.53. The monoisotopic (exact) mass is 684 g/mol. The Kier molecular flexibility index (Phi) is 14.4. The summed E-state index contributed by atoms with van der Waals surface area (Å²) in [6.45, 7) is 7.62. The van der Waals surface area contributed by atoms with Gasteiger partial charge in [-0.1, -0.05) is 49.7 Å². The molecule has 0 aliphatic carbocycles. The van der Waals surface area contributed by atoms with Gasteiger partial charge < -0.3 is 29.7 Å². The van der Waals surface area contributed by atoms with Crippen LogP contribution in [0.15, 0.2) is 48.5 Å². The zero-order valence-corrected chi connectivity index (χ0v) is 29.3. The number of carbonyl (C=O) groups excluding carboxylic acids is 5. The number of carbonyl (C=O) groups is 5. The molecular weight excluding hydrogens is 635 g/mol. The number of hydrogen-bond acceptors (Lipinski definition) is 8. The molecule has 3 atom stereocenters. The minimum atomic E-state index is -1.03. The molecular formula is C36H49FN4O8. The van der Waals surface area contributed by atoms with Crippen LogP contribution in [0.2, 0.25) is 0 Å². The first kappa shape index (κ1) is 38.8. The van der Waals surface area contributed by atoms with Crippen molar-refractivity contribution in [2.24, 2.45) is 5.92 Å². The molecule has 4 amide bonds. The van der Waals surface area contributed by atoms with Crippen molar-refractivity contribution in [3.8, 4) is 11.1 Å². The fourth-order valence-corrected chi connectivity index (χ4v) is 5.49. The highest BCUT2D eigenvalue weighted by Gasteiger charge is 2.37. The Hall–Kier alpha value is -4.68. The quantitative estimate of drug-likeness (QED) is 0.216. The van der Waals surface area contributed by atoms with Gasteiger partial charge in [0.05, 0.1) is 20.1 Å². The van der Waals surface area contributed by atoms with Crippen LogP contribution in [0.1, 0.15) is 58.9 Å². The Balaban J connectivity index is 1.70. The third kappa shape index (κ3) is 11.8. The number of unbranched alkanes of at least 4 members (excludes halogenated alkanes) is 1. The summed E-state index contributed by atoms with van der Waals surface area (Å²) in [5.74, 6) is -2.96. The molecule has 1 fully saturated rings. The molecule has 2 aromatic rings. The molecule has 0 spiro atoms. The molecule has 0 bridgehead atoms. The number of hydrogen-bond donors (Lipinski definition) is 2. The molecule has 1 saturated heterocycles. The van der Waals surface area contributed by atoms with Crippen molar-refractivity contribution in [2.45, 2.75) is 77.5 Å². The van der Waals surface area contributed by atoms with E-state index in [1.54, 1.807) is 32.9 Å². The zero-order chi connectivity index (χ0) is 36.1. The van der Waals surface area contributed by atoms with Gasteiger partial charge in [-0.05, 0) is 68.9 Å². The third-order valence-corrected chi connectivity index (χ3v) is 8.10. The molecule has 1 aliphatic heterocycles. The van der Waals surface area contributed by atoms with E-state index in [1.165, 1.54) is 36.2 Å². The van der Waals surface area contributed by atoms with Crippen LogP contribution in [0.4, 0.5) is 14.0 Å². The summed E-state index contributed by atoms with van der Waals surface area (Å²) >= 11 is 0. The van der Waals surface area contributed by atoms with Crippen LogP contribution in [-0.4, -0.2) is 97.9 Å². The molecule has 49 heavy (non-hydrogen) atoms. The van der Waals surface area contributed by atoms with Gasteiger partial charge in [0, 0.05) is 32.6 Å². The standard InChI is InChI=1S/C36H49FN4O8/c1-7-8-19-40(23-27(32(43)47-5)22-38-31(42)30-10-9-20-41(30)35(46)49-36(2,3)4)34(45)39-29(33(44)48-6)21-24-11-13-25(14-12-24)26-15-17-28(37)18-16-26/h11-18,27,29-30H,7-10,19-23H2,1-6H3,(H,38,42)(H,39,45)/t27-,29+,30+/m1/s1. The van der Waals surface area contributed by atoms with Gasteiger partial charge in [-0.3, -0.25) is 14.5 Å². The number of esters is 2. The van der Waals surface area contributed by atoms with Crippen molar-refractivity contribution < 1.29 is 42.6 Å². The summed E-state index contributed by atoms with van der Waals surface area (Å²) in [5.41, 5.74) is 1.73. The van der Waals surface area contributed by atoms with Crippen molar-refractivity contribution in [2.75, 3.05) is 40.4 Å². The van der Waals surface area contributed by atoms with Crippen LogP contribution in [-0.2, 0) is 35.0 Å². The normalized spacial score (nSPS) is 15.5. The lowest BCUT2D eigenvalue weighted by Crippen LogP contribution is -2.53. The fraction of sp³-hybridized carbons (Fsp3) is 0.528. The Labute approximate surface area is 287 Å². The summed E-state index contributed by atoms with van der Waals surface area (Å²) in [6.07, 6.45) is 2.00. The van der Waals surface area contributed by atoms with Crippen LogP contribution in [0, 0.1) is 11.7 Å². The highest BCUT2D eigenvalue weighted by atomic mass is 19.1. The number of nitrogens with one attached hydrogen (secondary N) is 2. The maximum atomic E-state index is 13.6. The Bertz CT molecular complexity index is 1430. The maximum absolute atomic E-state index is 13.6. The Morgan fingerprint density at radius 1 is 0.959 bits per heavy atom. The predicted molar refractivity (Wildman–Crippen MR) is 181 cm³/mol. The highest BCUT2D eigenvalue weighted by molar-refractivity contribution is 5.87. The van der Waals surface area contributed by atoms with Crippen LogP contribution < -0.4 is 10.6 Å². The van der Waals surface area contributed by atoms with E-state index in [0.717, 1.165) is 23.1 Å². The van der Waals surface area contributed by atoms with E-state index >= 15 is 0 Å². The third-order valence-electron chi connectivity index (χ3n) is 8.10. The van der Waals surface area contributed by atoms with Gasteiger partial charge >= 0.3 is 24.1 Å². The molecule has 0 radical (unpaired) electrons. The molecule has 1 heterocycles. The van der Waals surface area contributed by atoms with Gasteiger partial charge in [-0.25, -0.2) is 18.8 Å². The largest absolute Gasteiger partial charge is 0.469 e. The summed E-state index contributed by atoms with van der Waals surface area (Å²) in [6, 6.07) is 11.1. The lowest BCUT2D eigenvalue weighted by molar-refractivity contribution is -0.146. The number of benzene rings is 2. The number of amides is 4. The molecule has 268 valence electrons. The molecule has 2 aromatic carbocycles. The van der Waals surface area contributed by atoms with Crippen molar-refractivity contribution >= 4 is 30.0 Å². The topological polar surface area (TPSA) is 144 Å². The first-order valence-corrected chi connectivity index (χ1v) is 16.6.